The molecule has 1 aromatic heterocycles. The van der Waals surface area contributed by atoms with E-state index in [2.05, 4.69) is 52.7 Å². The molecule has 0 fully saturated rings. The Hall–Kier alpha value is -1.26. The number of nitrogens with zero attached hydrogens (tertiary/aromatic N) is 2. The lowest BCUT2D eigenvalue weighted by molar-refractivity contribution is 0.331. The summed E-state index contributed by atoms with van der Waals surface area (Å²) in [5, 5.41) is 6.81. The Morgan fingerprint density at radius 3 is 2.94 bits per heavy atom. The Balaban J connectivity index is 1.84. The third-order valence-electron chi connectivity index (χ3n) is 2.92. The van der Waals surface area contributed by atoms with Gasteiger partial charge < -0.3 is 4.90 Å². The van der Waals surface area contributed by atoms with Crippen LogP contribution in [0.4, 0.5) is 0 Å². The number of hydrogen-bond donors (Lipinski definition) is 1. The van der Waals surface area contributed by atoms with E-state index >= 15 is 0 Å². The fraction of sp³-hybridized carbons (Fsp3) is 0.357. The first-order chi connectivity index (χ1) is 8.78. The van der Waals surface area contributed by atoms with Crippen molar-refractivity contribution in [2.75, 3.05) is 19.8 Å². The van der Waals surface area contributed by atoms with Crippen LogP contribution in [0, 0.1) is 0 Å². The number of aromatic amines is 1. The van der Waals surface area contributed by atoms with E-state index < -0.39 is 0 Å². The minimum Gasteiger partial charge on any atom is -0.302 e. The van der Waals surface area contributed by atoms with E-state index in [1.54, 1.807) is 11.8 Å². The van der Waals surface area contributed by atoms with Crippen LogP contribution in [0.25, 0.3) is 0 Å². The lowest BCUT2D eigenvalue weighted by atomic mass is 10.2. The van der Waals surface area contributed by atoms with Gasteiger partial charge in [0.2, 0.25) is 0 Å². The zero-order valence-corrected chi connectivity index (χ0v) is 11.7. The summed E-state index contributed by atoms with van der Waals surface area (Å²) in [6.45, 7) is 2.04. The molecule has 2 rings (SSSR count). The van der Waals surface area contributed by atoms with E-state index in [-0.39, 0.29) is 0 Å². The summed E-state index contributed by atoms with van der Waals surface area (Å²) >= 11 is 1.79. The molecular weight excluding hydrogens is 242 g/mol. The van der Waals surface area contributed by atoms with Crippen molar-refractivity contribution in [3.63, 3.8) is 0 Å². The van der Waals surface area contributed by atoms with E-state index in [1.165, 1.54) is 16.0 Å². The third-order valence-corrected chi connectivity index (χ3v) is 3.65. The number of thioether (sulfide) groups is 1. The first-order valence-corrected chi connectivity index (χ1v) is 7.29. The summed E-state index contributed by atoms with van der Waals surface area (Å²) < 4.78 is 0. The molecule has 0 amide bonds. The van der Waals surface area contributed by atoms with Crippen LogP contribution in [0.1, 0.15) is 11.1 Å². The topological polar surface area (TPSA) is 31.9 Å². The molecular formula is C14H19N3S. The maximum atomic E-state index is 3.96. The highest BCUT2D eigenvalue weighted by atomic mass is 32.2. The fourth-order valence-electron chi connectivity index (χ4n) is 1.90. The van der Waals surface area contributed by atoms with Gasteiger partial charge in [0.05, 0.1) is 6.20 Å². The van der Waals surface area contributed by atoms with E-state index in [1.807, 2.05) is 12.4 Å². The van der Waals surface area contributed by atoms with Gasteiger partial charge >= 0.3 is 0 Å². The molecule has 1 N–H and O–H groups in total. The van der Waals surface area contributed by atoms with E-state index in [0.29, 0.717) is 0 Å². The predicted octanol–water partition coefficient (Wildman–Crippen LogP) is 2.81. The largest absolute Gasteiger partial charge is 0.302 e. The summed E-state index contributed by atoms with van der Waals surface area (Å²) in [6, 6.07) is 8.73. The minimum atomic E-state index is 0.992. The smallest absolute Gasteiger partial charge is 0.0519 e. The second kappa shape index (κ2) is 6.61. The SMILES string of the molecule is CSc1cccc(CN(C)CCc2cn[nH]c2)c1. The molecule has 0 radical (unpaired) electrons. The molecule has 96 valence electrons. The monoisotopic (exact) mass is 261 g/mol. The van der Waals surface area contributed by atoms with Crippen LogP contribution in [0.5, 0.6) is 0 Å². The van der Waals surface area contributed by atoms with Gasteiger partial charge in [-0.3, -0.25) is 5.10 Å². The van der Waals surface area contributed by atoms with E-state index in [4.69, 9.17) is 0 Å². The van der Waals surface area contributed by atoms with Crippen LogP contribution < -0.4 is 0 Å². The number of benzene rings is 1. The number of nitrogens with one attached hydrogen (secondary N) is 1. The zero-order chi connectivity index (χ0) is 12.8. The van der Waals surface area contributed by atoms with Gasteiger partial charge in [0.15, 0.2) is 0 Å². The number of likely N-dealkylation sites (N-methyl/N-ethyl adjacent to an activating group) is 1. The molecule has 0 spiro atoms. The Morgan fingerprint density at radius 1 is 1.33 bits per heavy atom. The van der Waals surface area contributed by atoms with Crippen molar-refractivity contribution in [3.05, 3.63) is 47.8 Å². The van der Waals surface area contributed by atoms with Gasteiger partial charge in [-0.1, -0.05) is 12.1 Å². The Morgan fingerprint density at radius 2 is 2.22 bits per heavy atom. The fourth-order valence-corrected chi connectivity index (χ4v) is 2.38. The van der Waals surface area contributed by atoms with Gasteiger partial charge in [0.25, 0.3) is 0 Å². The molecule has 0 unspecified atom stereocenters. The zero-order valence-electron chi connectivity index (χ0n) is 10.9. The molecule has 2 aromatic rings. The predicted molar refractivity (Wildman–Crippen MR) is 76.8 cm³/mol. The summed E-state index contributed by atoms with van der Waals surface area (Å²) in [6.07, 6.45) is 7.00. The second-order valence-electron chi connectivity index (χ2n) is 4.45. The normalized spacial score (nSPS) is 11.1. The summed E-state index contributed by atoms with van der Waals surface area (Å²) in [5.74, 6) is 0. The molecule has 0 aliphatic heterocycles. The summed E-state index contributed by atoms with van der Waals surface area (Å²) in [4.78, 5) is 3.67. The van der Waals surface area contributed by atoms with E-state index in [9.17, 15) is 0 Å². The van der Waals surface area contributed by atoms with Crippen LogP contribution in [0.2, 0.25) is 0 Å². The average Bonchev–Trinajstić information content (AvgIpc) is 2.90. The van der Waals surface area contributed by atoms with Gasteiger partial charge in [-0.05, 0) is 43.0 Å². The van der Waals surface area contributed by atoms with Crippen molar-refractivity contribution in [2.45, 2.75) is 17.9 Å². The van der Waals surface area contributed by atoms with Crippen molar-refractivity contribution < 1.29 is 0 Å². The number of H-pyrrole nitrogens is 1. The Labute approximate surface area is 113 Å². The van der Waals surface area contributed by atoms with Gasteiger partial charge in [-0.15, -0.1) is 11.8 Å². The molecule has 1 heterocycles. The highest BCUT2D eigenvalue weighted by Crippen LogP contribution is 2.16. The molecule has 0 bridgehead atoms. The molecule has 0 saturated carbocycles. The Kier molecular flexibility index (Phi) is 4.84. The van der Waals surface area contributed by atoms with Gasteiger partial charge in [-0.2, -0.15) is 5.10 Å². The minimum absolute atomic E-state index is 0.992. The quantitative estimate of drug-likeness (QED) is 0.811. The van der Waals surface area contributed by atoms with Crippen molar-refractivity contribution in [1.29, 1.82) is 0 Å². The van der Waals surface area contributed by atoms with Crippen molar-refractivity contribution >= 4 is 11.8 Å². The highest BCUT2D eigenvalue weighted by Gasteiger charge is 2.02. The van der Waals surface area contributed by atoms with Crippen LogP contribution in [0.3, 0.4) is 0 Å². The highest BCUT2D eigenvalue weighted by molar-refractivity contribution is 7.98. The van der Waals surface area contributed by atoms with Crippen molar-refractivity contribution in [2.24, 2.45) is 0 Å². The second-order valence-corrected chi connectivity index (χ2v) is 5.33. The summed E-state index contributed by atoms with van der Waals surface area (Å²) in [7, 11) is 2.16. The molecule has 0 atom stereocenters. The van der Waals surface area contributed by atoms with Crippen molar-refractivity contribution in [3.8, 4) is 0 Å². The number of rotatable bonds is 6. The average molecular weight is 261 g/mol. The van der Waals surface area contributed by atoms with Gasteiger partial charge in [0.1, 0.15) is 0 Å². The maximum Gasteiger partial charge on any atom is 0.0519 e. The van der Waals surface area contributed by atoms with Gasteiger partial charge in [-0.25, -0.2) is 0 Å². The van der Waals surface area contributed by atoms with Crippen LogP contribution in [-0.4, -0.2) is 34.9 Å². The number of hydrogen-bond acceptors (Lipinski definition) is 3. The number of aromatic nitrogens is 2. The van der Waals surface area contributed by atoms with Gasteiger partial charge in [0, 0.05) is 24.2 Å². The van der Waals surface area contributed by atoms with E-state index in [0.717, 1.165) is 19.5 Å². The Bertz CT molecular complexity index is 468. The van der Waals surface area contributed by atoms with Crippen LogP contribution in [-0.2, 0) is 13.0 Å². The molecule has 18 heavy (non-hydrogen) atoms. The standard InChI is InChI=1S/C14H19N3S/c1-17(7-6-13-9-15-16-10-13)11-12-4-3-5-14(8-12)18-2/h3-5,8-10H,6-7,11H2,1-2H3,(H,15,16). The molecule has 0 aliphatic rings. The molecule has 0 saturated heterocycles. The molecule has 1 aromatic carbocycles. The molecule has 0 aliphatic carbocycles. The lowest BCUT2D eigenvalue weighted by Gasteiger charge is -2.16. The first kappa shape index (κ1) is 13.2. The van der Waals surface area contributed by atoms with Crippen LogP contribution >= 0.6 is 11.8 Å². The molecule has 4 heteroatoms. The summed E-state index contributed by atoms with van der Waals surface area (Å²) in [5.41, 5.74) is 2.64. The molecule has 3 nitrogen and oxygen atoms in total. The maximum absolute atomic E-state index is 3.96. The van der Waals surface area contributed by atoms with Crippen molar-refractivity contribution in [1.82, 2.24) is 15.1 Å². The third kappa shape index (κ3) is 3.89. The van der Waals surface area contributed by atoms with Crippen LogP contribution in [0.15, 0.2) is 41.6 Å². The first-order valence-electron chi connectivity index (χ1n) is 6.07. The lowest BCUT2D eigenvalue weighted by Crippen LogP contribution is -2.20.